The molecule has 5 heteroatoms. The summed E-state index contributed by atoms with van der Waals surface area (Å²) >= 11 is 17.2. The Balaban J connectivity index is 1.57. The summed E-state index contributed by atoms with van der Waals surface area (Å²) in [7, 11) is 0. The molecule has 19 heavy (non-hydrogen) atoms. The van der Waals surface area contributed by atoms with Crippen molar-refractivity contribution in [1.29, 1.82) is 0 Å². The predicted molar refractivity (Wildman–Crippen MR) is 85.1 cm³/mol. The van der Waals surface area contributed by atoms with E-state index in [1.807, 2.05) is 6.07 Å². The number of rotatable bonds is 2. The summed E-state index contributed by atoms with van der Waals surface area (Å²) in [4.78, 5) is 0. The molecule has 0 aliphatic heterocycles. The number of halogens is 2. The van der Waals surface area contributed by atoms with E-state index >= 15 is 0 Å². The topological polar surface area (TPSA) is 24.1 Å². The first kappa shape index (κ1) is 13.5. The molecule has 2 bridgehead atoms. The predicted octanol–water partition coefficient (Wildman–Crippen LogP) is 4.47. The third-order valence-electron chi connectivity index (χ3n) is 4.23. The van der Waals surface area contributed by atoms with Crippen LogP contribution in [0.15, 0.2) is 18.2 Å². The lowest BCUT2D eigenvalue weighted by Gasteiger charge is -2.24. The number of fused-ring (bicyclic) bond motifs is 2. The quantitative estimate of drug-likeness (QED) is 0.788. The molecule has 0 aromatic heterocycles. The maximum absolute atomic E-state index is 5.98. The van der Waals surface area contributed by atoms with Crippen molar-refractivity contribution in [2.45, 2.75) is 31.7 Å². The fourth-order valence-corrected chi connectivity index (χ4v) is 3.90. The summed E-state index contributed by atoms with van der Waals surface area (Å²) in [6, 6.07) is 5.98. The van der Waals surface area contributed by atoms with E-state index in [0.29, 0.717) is 21.2 Å². The molecule has 2 aliphatic rings. The number of hydrogen-bond acceptors (Lipinski definition) is 1. The van der Waals surface area contributed by atoms with Crippen LogP contribution in [0.3, 0.4) is 0 Å². The molecule has 0 unspecified atom stereocenters. The Bertz CT molecular complexity index is 506. The average Bonchev–Trinajstić information content (AvgIpc) is 2.96. The molecule has 2 saturated carbocycles. The SMILES string of the molecule is S=C(Nc1ccc(Cl)c(Cl)c1)N[C@@H]1C[C@H]2CC[C@@H]1C2. The lowest BCUT2D eigenvalue weighted by molar-refractivity contribution is 0.392. The van der Waals surface area contributed by atoms with Crippen LogP contribution in [0.25, 0.3) is 0 Å². The normalized spacial score (nSPS) is 28.4. The van der Waals surface area contributed by atoms with Crippen LogP contribution in [-0.2, 0) is 0 Å². The molecule has 0 radical (unpaired) electrons. The van der Waals surface area contributed by atoms with E-state index in [1.165, 1.54) is 25.7 Å². The lowest BCUT2D eigenvalue weighted by atomic mass is 9.96. The Morgan fingerprint density at radius 3 is 2.63 bits per heavy atom. The van der Waals surface area contributed by atoms with Gasteiger partial charge >= 0.3 is 0 Å². The van der Waals surface area contributed by atoms with E-state index in [9.17, 15) is 0 Å². The summed E-state index contributed by atoms with van der Waals surface area (Å²) in [6.45, 7) is 0. The zero-order valence-electron chi connectivity index (χ0n) is 10.5. The summed E-state index contributed by atoms with van der Waals surface area (Å²) < 4.78 is 0. The maximum Gasteiger partial charge on any atom is 0.171 e. The van der Waals surface area contributed by atoms with Gasteiger partial charge in [-0.1, -0.05) is 29.6 Å². The zero-order chi connectivity index (χ0) is 13.4. The first-order valence-electron chi connectivity index (χ1n) is 6.64. The minimum Gasteiger partial charge on any atom is -0.359 e. The van der Waals surface area contributed by atoms with Crippen molar-refractivity contribution in [2.24, 2.45) is 11.8 Å². The second kappa shape index (κ2) is 5.47. The van der Waals surface area contributed by atoms with Crippen molar-refractivity contribution in [3.05, 3.63) is 28.2 Å². The maximum atomic E-state index is 5.98. The fourth-order valence-electron chi connectivity index (χ4n) is 3.33. The van der Waals surface area contributed by atoms with Crippen molar-refractivity contribution in [3.8, 4) is 0 Å². The standard InChI is InChI=1S/C14H16Cl2N2S/c15-11-4-3-10(7-12(11)16)17-14(19)18-13-6-8-1-2-9(13)5-8/h3-4,7-9,13H,1-2,5-6H2,(H2,17,18,19)/t8-,9+,13+/m0/s1. The lowest BCUT2D eigenvalue weighted by Crippen LogP contribution is -2.40. The highest BCUT2D eigenvalue weighted by atomic mass is 35.5. The van der Waals surface area contributed by atoms with Gasteiger partial charge in [0, 0.05) is 11.7 Å². The third kappa shape index (κ3) is 2.99. The van der Waals surface area contributed by atoms with Gasteiger partial charge in [-0.05, 0) is 61.5 Å². The molecule has 0 spiro atoms. The second-order valence-corrected chi connectivity index (χ2v) is 6.73. The van der Waals surface area contributed by atoms with Crippen molar-refractivity contribution in [2.75, 3.05) is 5.32 Å². The summed E-state index contributed by atoms with van der Waals surface area (Å²) in [5, 5.41) is 8.38. The molecule has 1 aromatic carbocycles. The molecule has 0 saturated heterocycles. The number of hydrogen-bond donors (Lipinski definition) is 2. The molecule has 3 rings (SSSR count). The molecule has 102 valence electrons. The molecule has 2 nitrogen and oxygen atoms in total. The highest BCUT2D eigenvalue weighted by Crippen LogP contribution is 2.44. The van der Waals surface area contributed by atoms with Gasteiger partial charge in [0.2, 0.25) is 0 Å². The first-order valence-corrected chi connectivity index (χ1v) is 7.81. The van der Waals surface area contributed by atoms with Crippen molar-refractivity contribution in [3.63, 3.8) is 0 Å². The Kier molecular flexibility index (Phi) is 3.88. The van der Waals surface area contributed by atoms with Crippen LogP contribution in [-0.4, -0.2) is 11.2 Å². The summed E-state index contributed by atoms with van der Waals surface area (Å²) in [5.41, 5.74) is 0.870. The van der Waals surface area contributed by atoms with E-state index in [-0.39, 0.29) is 0 Å². The average molecular weight is 315 g/mol. The van der Waals surface area contributed by atoms with Crippen LogP contribution in [0.4, 0.5) is 5.69 Å². The van der Waals surface area contributed by atoms with Crippen LogP contribution in [0, 0.1) is 11.8 Å². The minimum absolute atomic E-state index is 0.536. The van der Waals surface area contributed by atoms with Crippen LogP contribution < -0.4 is 10.6 Å². The number of thiocarbonyl (C=S) groups is 1. The van der Waals surface area contributed by atoms with E-state index < -0.39 is 0 Å². The number of anilines is 1. The number of benzene rings is 1. The summed E-state index contributed by atoms with van der Waals surface area (Å²) in [5.74, 6) is 1.72. The largest absolute Gasteiger partial charge is 0.359 e. The fraction of sp³-hybridized carbons (Fsp3) is 0.500. The minimum atomic E-state index is 0.536. The van der Waals surface area contributed by atoms with Gasteiger partial charge < -0.3 is 10.6 Å². The molecule has 2 aliphatic carbocycles. The second-order valence-electron chi connectivity index (χ2n) is 5.51. The van der Waals surface area contributed by atoms with Crippen molar-refractivity contribution >= 4 is 46.2 Å². The Hall–Kier alpha value is -0.510. The van der Waals surface area contributed by atoms with Crippen LogP contribution in [0.1, 0.15) is 25.7 Å². The van der Waals surface area contributed by atoms with Crippen LogP contribution >= 0.6 is 35.4 Å². The van der Waals surface area contributed by atoms with Crippen LogP contribution in [0.5, 0.6) is 0 Å². The molecule has 1 aromatic rings. The van der Waals surface area contributed by atoms with E-state index in [4.69, 9.17) is 35.4 Å². The number of nitrogens with one attached hydrogen (secondary N) is 2. The molecule has 2 N–H and O–H groups in total. The van der Waals surface area contributed by atoms with Crippen molar-refractivity contribution < 1.29 is 0 Å². The smallest absolute Gasteiger partial charge is 0.171 e. The Morgan fingerprint density at radius 1 is 1.16 bits per heavy atom. The van der Waals surface area contributed by atoms with Gasteiger partial charge in [-0.3, -0.25) is 0 Å². The van der Waals surface area contributed by atoms with Gasteiger partial charge in [0.15, 0.2) is 5.11 Å². The van der Waals surface area contributed by atoms with Gasteiger partial charge in [0.1, 0.15) is 0 Å². The van der Waals surface area contributed by atoms with Gasteiger partial charge in [0.25, 0.3) is 0 Å². The molecule has 2 fully saturated rings. The van der Waals surface area contributed by atoms with Crippen LogP contribution in [0.2, 0.25) is 10.0 Å². The van der Waals surface area contributed by atoms with E-state index in [1.54, 1.807) is 12.1 Å². The Labute approximate surface area is 128 Å². The van der Waals surface area contributed by atoms with E-state index in [0.717, 1.165) is 17.5 Å². The van der Waals surface area contributed by atoms with Crippen molar-refractivity contribution in [1.82, 2.24) is 5.32 Å². The Morgan fingerprint density at radius 2 is 2.00 bits per heavy atom. The third-order valence-corrected chi connectivity index (χ3v) is 5.19. The molecular weight excluding hydrogens is 299 g/mol. The molecule has 0 amide bonds. The molecule has 0 heterocycles. The van der Waals surface area contributed by atoms with Gasteiger partial charge in [-0.2, -0.15) is 0 Å². The van der Waals surface area contributed by atoms with Gasteiger partial charge in [-0.25, -0.2) is 0 Å². The van der Waals surface area contributed by atoms with Gasteiger partial charge in [0.05, 0.1) is 10.0 Å². The highest BCUT2D eigenvalue weighted by molar-refractivity contribution is 7.80. The molecular formula is C14H16Cl2N2S. The summed E-state index contributed by atoms with van der Waals surface area (Å²) in [6.07, 6.45) is 5.37. The van der Waals surface area contributed by atoms with E-state index in [2.05, 4.69) is 10.6 Å². The molecule has 3 atom stereocenters. The van der Waals surface area contributed by atoms with Gasteiger partial charge in [-0.15, -0.1) is 0 Å². The zero-order valence-corrected chi connectivity index (χ0v) is 12.8. The monoisotopic (exact) mass is 314 g/mol. The highest BCUT2D eigenvalue weighted by Gasteiger charge is 2.39. The first-order chi connectivity index (χ1) is 9.11.